The van der Waals surface area contributed by atoms with Gasteiger partial charge in [0.1, 0.15) is 5.01 Å². The number of nitrogens with zero attached hydrogens (tertiary/aromatic N) is 2. The Morgan fingerprint density at radius 3 is 3.00 bits per heavy atom. The minimum absolute atomic E-state index is 0.00342. The van der Waals surface area contributed by atoms with Crippen molar-refractivity contribution in [1.82, 2.24) is 4.98 Å². The molecule has 0 aliphatic heterocycles. The summed E-state index contributed by atoms with van der Waals surface area (Å²) >= 11 is 1.52. The van der Waals surface area contributed by atoms with Crippen LogP contribution in [0.25, 0.3) is 0 Å². The van der Waals surface area contributed by atoms with E-state index in [9.17, 15) is 0 Å². The summed E-state index contributed by atoms with van der Waals surface area (Å²) in [5.41, 5.74) is 6.95. The number of nitrogens with two attached hydrogens (primary N) is 1. The SMILES string of the molecule is CCC(C)C(N)c1csc(CC#N)n1. The van der Waals surface area contributed by atoms with Crippen molar-refractivity contribution in [3.8, 4) is 6.07 Å². The van der Waals surface area contributed by atoms with E-state index in [-0.39, 0.29) is 6.04 Å². The second-order valence-electron chi connectivity index (χ2n) is 3.41. The van der Waals surface area contributed by atoms with E-state index >= 15 is 0 Å². The molecular formula is C10H15N3S. The first-order chi connectivity index (χ1) is 6.69. The fourth-order valence-corrected chi connectivity index (χ4v) is 1.95. The molecule has 1 rings (SSSR count). The zero-order valence-electron chi connectivity index (χ0n) is 8.53. The summed E-state index contributed by atoms with van der Waals surface area (Å²) in [6.07, 6.45) is 1.43. The molecule has 14 heavy (non-hydrogen) atoms. The quantitative estimate of drug-likeness (QED) is 0.827. The van der Waals surface area contributed by atoms with Crippen molar-refractivity contribution in [3.63, 3.8) is 0 Å². The van der Waals surface area contributed by atoms with E-state index in [0.717, 1.165) is 17.1 Å². The summed E-state index contributed by atoms with van der Waals surface area (Å²) in [4.78, 5) is 4.34. The molecule has 3 nitrogen and oxygen atoms in total. The van der Waals surface area contributed by atoms with Crippen LogP contribution in [0.1, 0.15) is 37.0 Å². The van der Waals surface area contributed by atoms with Gasteiger partial charge in [0, 0.05) is 5.38 Å². The third-order valence-corrected chi connectivity index (χ3v) is 3.27. The van der Waals surface area contributed by atoms with E-state index in [1.165, 1.54) is 11.3 Å². The van der Waals surface area contributed by atoms with Crippen LogP contribution in [0.4, 0.5) is 0 Å². The van der Waals surface area contributed by atoms with Gasteiger partial charge in [-0.3, -0.25) is 0 Å². The Morgan fingerprint density at radius 1 is 1.71 bits per heavy atom. The second-order valence-corrected chi connectivity index (χ2v) is 4.35. The summed E-state index contributed by atoms with van der Waals surface area (Å²) in [6.45, 7) is 4.24. The predicted octanol–water partition coefficient (Wildman–Crippen LogP) is 2.26. The molecule has 0 fully saturated rings. The fourth-order valence-electron chi connectivity index (χ4n) is 1.17. The smallest absolute Gasteiger partial charge is 0.107 e. The van der Waals surface area contributed by atoms with E-state index in [0.29, 0.717) is 12.3 Å². The number of rotatable bonds is 4. The van der Waals surface area contributed by atoms with Gasteiger partial charge in [-0.25, -0.2) is 4.98 Å². The average Bonchev–Trinajstić information content (AvgIpc) is 2.64. The zero-order chi connectivity index (χ0) is 10.6. The lowest BCUT2D eigenvalue weighted by Crippen LogP contribution is -2.18. The molecule has 76 valence electrons. The van der Waals surface area contributed by atoms with Gasteiger partial charge in [-0.1, -0.05) is 20.3 Å². The fraction of sp³-hybridized carbons (Fsp3) is 0.600. The van der Waals surface area contributed by atoms with E-state index in [1.807, 2.05) is 5.38 Å². The van der Waals surface area contributed by atoms with E-state index in [4.69, 9.17) is 11.0 Å². The van der Waals surface area contributed by atoms with Crippen LogP contribution in [-0.4, -0.2) is 4.98 Å². The maximum Gasteiger partial charge on any atom is 0.107 e. The highest BCUT2D eigenvalue weighted by molar-refractivity contribution is 7.09. The molecule has 0 aliphatic carbocycles. The minimum Gasteiger partial charge on any atom is -0.322 e. The predicted molar refractivity (Wildman–Crippen MR) is 57.8 cm³/mol. The molecule has 2 N–H and O–H groups in total. The van der Waals surface area contributed by atoms with E-state index in [1.54, 1.807) is 0 Å². The Bertz CT molecular complexity index is 326. The van der Waals surface area contributed by atoms with Gasteiger partial charge in [0.05, 0.1) is 24.2 Å². The largest absolute Gasteiger partial charge is 0.322 e. The highest BCUT2D eigenvalue weighted by atomic mass is 32.1. The number of aromatic nitrogens is 1. The first-order valence-electron chi connectivity index (χ1n) is 4.75. The number of thiazole rings is 1. The van der Waals surface area contributed by atoms with E-state index < -0.39 is 0 Å². The molecule has 0 aromatic carbocycles. The minimum atomic E-state index is 0.00342. The molecule has 1 aromatic rings. The Kier molecular flexibility index (Phi) is 4.05. The first-order valence-corrected chi connectivity index (χ1v) is 5.63. The van der Waals surface area contributed by atoms with Crippen LogP contribution in [0.15, 0.2) is 5.38 Å². The summed E-state index contributed by atoms with van der Waals surface area (Å²) in [5.74, 6) is 0.437. The van der Waals surface area contributed by atoms with Gasteiger partial charge >= 0.3 is 0 Å². The summed E-state index contributed by atoms with van der Waals surface area (Å²) in [5, 5.41) is 11.3. The van der Waals surface area contributed by atoms with Gasteiger partial charge in [0.2, 0.25) is 0 Å². The molecule has 0 saturated carbocycles. The Hall–Kier alpha value is -0.920. The van der Waals surface area contributed by atoms with Crippen molar-refractivity contribution in [2.24, 2.45) is 11.7 Å². The molecule has 0 spiro atoms. The van der Waals surface area contributed by atoms with Gasteiger partial charge in [0.15, 0.2) is 0 Å². The van der Waals surface area contributed by atoms with E-state index in [2.05, 4.69) is 24.9 Å². The lowest BCUT2D eigenvalue weighted by atomic mass is 9.98. The average molecular weight is 209 g/mol. The maximum atomic E-state index is 8.51. The van der Waals surface area contributed by atoms with Crippen molar-refractivity contribution >= 4 is 11.3 Å². The van der Waals surface area contributed by atoms with Crippen LogP contribution in [0.5, 0.6) is 0 Å². The second kappa shape index (κ2) is 5.08. The Balaban J connectivity index is 2.71. The Labute approximate surface area is 88.6 Å². The van der Waals surface area contributed by atoms with Crippen molar-refractivity contribution in [1.29, 1.82) is 5.26 Å². The number of hydrogen-bond donors (Lipinski definition) is 1. The lowest BCUT2D eigenvalue weighted by Gasteiger charge is -2.15. The summed E-state index contributed by atoms with van der Waals surface area (Å²) < 4.78 is 0. The van der Waals surface area contributed by atoms with Crippen LogP contribution in [-0.2, 0) is 6.42 Å². The topological polar surface area (TPSA) is 62.7 Å². The molecule has 0 saturated heterocycles. The molecule has 0 aliphatic rings. The third-order valence-electron chi connectivity index (χ3n) is 2.40. The molecule has 0 amide bonds. The van der Waals surface area contributed by atoms with Crippen LogP contribution < -0.4 is 5.73 Å². The van der Waals surface area contributed by atoms with Crippen LogP contribution in [0.2, 0.25) is 0 Å². The number of nitriles is 1. The van der Waals surface area contributed by atoms with Crippen LogP contribution in [0.3, 0.4) is 0 Å². The molecule has 0 bridgehead atoms. The van der Waals surface area contributed by atoms with Gasteiger partial charge in [0.25, 0.3) is 0 Å². The van der Waals surface area contributed by atoms with Gasteiger partial charge < -0.3 is 5.73 Å². The molecule has 4 heteroatoms. The highest BCUT2D eigenvalue weighted by Gasteiger charge is 2.15. The van der Waals surface area contributed by atoms with Crippen molar-refractivity contribution in [2.45, 2.75) is 32.7 Å². The molecule has 1 heterocycles. The molecule has 0 radical (unpaired) electrons. The van der Waals surface area contributed by atoms with Gasteiger partial charge in [-0.05, 0) is 5.92 Å². The molecular weight excluding hydrogens is 194 g/mol. The molecule has 2 atom stereocenters. The maximum absolute atomic E-state index is 8.51. The normalized spacial score (nSPS) is 14.7. The first kappa shape index (κ1) is 11.2. The Morgan fingerprint density at radius 2 is 2.43 bits per heavy atom. The standard InChI is InChI=1S/C10H15N3S/c1-3-7(2)10(12)8-6-14-9(13-8)4-5-11/h6-7,10H,3-4,12H2,1-2H3. The summed E-state index contributed by atoms with van der Waals surface area (Å²) in [6, 6.07) is 2.09. The van der Waals surface area contributed by atoms with Crippen LogP contribution in [0, 0.1) is 17.2 Å². The van der Waals surface area contributed by atoms with Gasteiger partial charge in [-0.15, -0.1) is 11.3 Å². The molecule has 1 aromatic heterocycles. The third kappa shape index (κ3) is 2.53. The van der Waals surface area contributed by atoms with Crippen molar-refractivity contribution < 1.29 is 0 Å². The zero-order valence-corrected chi connectivity index (χ0v) is 9.34. The van der Waals surface area contributed by atoms with Crippen molar-refractivity contribution in [3.05, 3.63) is 16.1 Å². The van der Waals surface area contributed by atoms with Crippen molar-refractivity contribution in [2.75, 3.05) is 0 Å². The van der Waals surface area contributed by atoms with Crippen LogP contribution >= 0.6 is 11.3 Å². The van der Waals surface area contributed by atoms with Gasteiger partial charge in [-0.2, -0.15) is 5.26 Å². The lowest BCUT2D eigenvalue weighted by molar-refractivity contribution is 0.449. The molecule has 2 unspecified atom stereocenters. The highest BCUT2D eigenvalue weighted by Crippen LogP contribution is 2.23. The monoisotopic (exact) mass is 209 g/mol. The summed E-state index contributed by atoms with van der Waals surface area (Å²) in [7, 11) is 0. The number of hydrogen-bond acceptors (Lipinski definition) is 4.